The first-order chi connectivity index (χ1) is 11.8. The summed E-state index contributed by atoms with van der Waals surface area (Å²) in [7, 11) is -3.64. The van der Waals surface area contributed by atoms with Gasteiger partial charge in [-0.05, 0) is 32.9 Å². The molecule has 8 nitrogen and oxygen atoms in total. The molecule has 0 unspecified atom stereocenters. The third-order valence-corrected chi connectivity index (χ3v) is 5.26. The molecule has 1 aromatic carbocycles. The Hall–Kier alpha value is -2.68. The minimum Gasteiger partial charge on any atom is -0.459 e. The van der Waals surface area contributed by atoms with E-state index in [1.165, 1.54) is 13.0 Å². The number of hydrogen-bond acceptors (Lipinski definition) is 7. The highest BCUT2D eigenvalue weighted by Crippen LogP contribution is 2.22. The average Bonchev–Trinajstić information content (AvgIpc) is 3.02. The smallest absolute Gasteiger partial charge is 0.330 e. The Morgan fingerprint density at radius 3 is 2.76 bits per heavy atom. The van der Waals surface area contributed by atoms with Crippen LogP contribution in [0.25, 0.3) is 0 Å². The van der Waals surface area contributed by atoms with Crippen molar-refractivity contribution in [1.82, 2.24) is 9.88 Å². The zero-order chi connectivity index (χ0) is 18.2. The second-order valence-corrected chi connectivity index (χ2v) is 7.32. The van der Waals surface area contributed by atoms with Crippen molar-refractivity contribution in [2.24, 2.45) is 4.99 Å². The molecule has 1 aliphatic rings. The van der Waals surface area contributed by atoms with E-state index in [0.29, 0.717) is 22.6 Å². The molecule has 3 rings (SSSR count). The Balaban J connectivity index is 1.75. The first-order valence-corrected chi connectivity index (χ1v) is 9.06. The fourth-order valence-electron chi connectivity index (χ4n) is 2.45. The Labute approximate surface area is 144 Å². The number of aryl methyl sites for hydroxylation is 2. The molecule has 25 heavy (non-hydrogen) atoms. The standard InChI is InChI=1S/C16H17N3O5S/c1-9-13(11(3)24-18-9)8-23-16(20)10(2)17-15-12-6-4-5-7-14(12)25(21,22)19-15/h4-7,10H,8H2,1-3H3,(H,17,19)/t10-/m0/s1. The number of esters is 1. The van der Waals surface area contributed by atoms with Crippen molar-refractivity contribution in [3.8, 4) is 0 Å². The summed E-state index contributed by atoms with van der Waals surface area (Å²) in [6.07, 6.45) is 0. The van der Waals surface area contributed by atoms with Crippen molar-refractivity contribution < 1.29 is 22.5 Å². The number of carbonyl (C=O) groups is 1. The first-order valence-electron chi connectivity index (χ1n) is 7.58. The summed E-state index contributed by atoms with van der Waals surface area (Å²) in [6, 6.07) is 5.58. The number of ether oxygens (including phenoxy) is 1. The van der Waals surface area contributed by atoms with Crippen LogP contribution in [0.4, 0.5) is 0 Å². The molecular formula is C16H17N3O5S. The summed E-state index contributed by atoms with van der Waals surface area (Å²) in [6.45, 7) is 5.06. The zero-order valence-electron chi connectivity index (χ0n) is 13.9. The fourth-order valence-corrected chi connectivity index (χ4v) is 3.69. The van der Waals surface area contributed by atoms with Gasteiger partial charge in [-0.25, -0.2) is 13.2 Å². The van der Waals surface area contributed by atoms with Gasteiger partial charge >= 0.3 is 5.97 Å². The largest absolute Gasteiger partial charge is 0.459 e. The first kappa shape index (κ1) is 17.2. The number of aliphatic imine (C=N–C) groups is 1. The summed E-state index contributed by atoms with van der Waals surface area (Å²) in [5.74, 6) is 0.148. The molecule has 1 aromatic heterocycles. The second-order valence-electron chi connectivity index (χ2n) is 5.67. The molecule has 1 N–H and O–H groups in total. The highest BCUT2D eigenvalue weighted by molar-refractivity contribution is 7.90. The Kier molecular flexibility index (Phi) is 4.34. The van der Waals surface area contributed by atoms with Crippen LogP contribution in [0.1, 0.15) is 29.5 Å². The minimum atomic E-state index is -3.64. The molecule has 0 spiro atoms. The van der Waals surface area contributed by atoms with Crippen molar-refractivity contribution in [3.05, 3.63) is 46.8 Å². The summed E-state index contributed by atoms with van der Waals surface area (Å²) in [4.78, 5) is 16.5. The lowest BCUT2D eigenvalue weighted by Crippen LogP contribution is -2.26. The van der Waals surface area contributed by atoms with Crippen LogP contribution in [-0.4, -0.2) is 31.4 Å². The van der Waals surface area contributed by atoms with E-state index >= 15 is 0 Å². The van der Waals surface area contributed by atoms with Gasteiger partial charge in [-0.15, -0.1) is 0 Å². The molecule has 0 saturated carbocycles. The minimum absolute atomic E-state index is 0.0253. The van der Waals surface area contributed by atoms with Crippen molar-refractivity contribution >= 4 is 21.8 Å². The van der Waals surface area contributed by atoms with Crippen LogP contribution in [0.3, 0.4) is 0 Å². The van der Waals surface area contributed by atoms with Crippen molar-refractivity contribution in [2.45, 2.75) is 38.3 Å². The number of nitrogens with zero attached hydrogens (tertiary/aromatic N) is 2. The predicted octanol–water partition coefficient (Wildman–Crippen LogP) is 1.46. The molecule has 0 aliphatic carbocycles. The maximum atomic E-state index is 12.2. The summed E-state index contributed by atoms with van der Waals surface area (Å²) < 4.78 is 36.7. The van der Waals surface area contributed by atoms with E-state index in [1.54, 1.807) is 32.0 Å². The maximum Gasteiger partial charge on any atom is 0.330 e. The molecule has 1 atom stereocenters. The van der Waals surface area contributed by atoms with Crippen molar-refractivity contribution in [2.75, 3.05) is 0 Å². The van der Waals surface area contributed by atoms with Gasteiger partial charge in [-0.3, -0.25) is 9.71 Å². The number of fused-ring (bicyclic) bond motifs is 1. The van der Waals surface area contributed by atoms with Gasteiger partial charge in [0.25, 0.3) is 10.0 Å². The number of carbonyl (C=O) groups excluding carboxylic acids is 1. The number of benzene rings is 1. The van der Waals surface area contributed by atoms with Gasteiger partial charge in [-0.2, -0.15) is 0 Å². The lowest BCUT2D eigenvalue weighted by molar-refractivity contribution is -0.146. The quantitative estimate of drug-likeness (QED) is 0.823. The van der Waals surface area contributed by atoms with E-state index in [9.17, 15) is 13.2 Å². The molecule has 2 heterocycles. The van der Waals surface area contributed by atoms with Crippen LogP contribution in [0.2, 0.25) is 0 Å². The van der Waals surface area contributed by atoms with Crippen LogP contribution in [0, 0.1) is 13.8 Å². The van der Waals surface area contributed by atoms with Gasteiger partial charge < -0.3 is 9.26 Å². The Bertz CT molecular complexity index is 942. The molecule has 2 aromatic rings. The topological polar surface area (TPSA) is 111 Å². The van der Waals surface area contributed by atoms with Crippen LogP contribution >= 0.6 is 0 Å². The maximum absolute atomic E-state index is 12.2. The summed E-state index contributed by atoms with van der Waals surface area (Å²) >= 11 is 0. The predicted molar refractivity (Wildman–Crippen MR) is 88.5 cm³/mol. The average molecular weight is 363 g/mol. The zero-order valence-corrected chi connectivity index (χ0v) is 14.8. The van der Waals surface area contributed by atoms with Crippen molar-refractivity contribution in [3.63, 3.8) is 0 Å². The third kappa shape index (κ3) is 3.27. The lowest BCUT2D eigenvalue weighted by Gasteiger charge is -2.09. The molecule has 0 saturated heterocycles. The molecule has 0 amide bonds. The lowest BCUT2D eigenvalue weighted by atomic mass is 10.2. The van der Waals surface area contributed by atoms with Gasteiger partial charge in [0.1, 0.15) is 24.2 Å². The van der Waals surface area contributed by atoms with E-state index in [2.05, 4.69) is 14.9 Å². The van der Waals surface area contributed by atoms with Crippen LogP contribution in [0.5, 0.6) is 0 Å². The van der Waals surface area contributed by atoms with Crippen LogP contribution in [0.15, 0.2) is 38.7 Å². The molecule has 132 valence electrons. The van der Waals surface area contributed by atoms with Gasteiger partial charge in [0, 0.05) is 5.56 Å². The number of amidine groups is 1. The molecular weight excluding hydrogens is 346 g/mol. The molecule has 9 heteroatoms. The monoisotopic (exact) mass is 363 g/mol. The number of hydrogen-bond donors (Lipinski definition) is 1. The van der Waals surface area contributed by atoms with Gasteiger partial charge in [0.05, 0.1) is 16.2 Å². The van der Waals surface area contributed by atoms with Gasteiger partial charge in [0.15, 0.2) is 0 Å². The molecule has 0 fully saturated rings. The number of sulfonamides is 1. The highest BCUT2D eigenvalue weighted by Gasteiger charge is 2.31. The van der Waals surface area contributed by atoms with E-state index in [-0.39, 0.29) is 17.3 Å². The Morgan fingerprint density at radius 2 is 2.08 bits per heavy atom. The van der Waals surface area contributed by atoms with E-state index in [1.807, 2.05) is 0 Å². The highest BCUT2D eigenvalue weighted by atomic mass is 32.2. The normalized spacial score (nSPS) is 17.8. The van der Waals surface area contributed by atoms with Crippen molar-refractivity contribution in [1.29, 1.82) is 0 Å². The molecule has 0 radical (unpaired) electrons. The fraction of sp³-hybridized carbons (Fsp3) is 0.312. The summed E-state index contributed by atoms with van der Waals surface area (Å²) in [5, 5.41) is 3.79. The Morgan fingerprint density at radius 1 is 1.36 bits per heavy atom. The third-order valence-electron chi connectivity index (χ3n) is 3.87. The number of aromatic nitrogens is 1. The van der Waals surface area contributed by atoms with E-state index < -0.39 is 22.0 Å². The van der Waals surface area contributed by atoms with E-state index in [0.717, 1.165) is 0 Å². The van der Waals surface area contributed by atoms with Crippen LogP contribution in [-0.2, 0) is 26.2 Å². The SMILES string of the molecule is Cc1noc(C)c1COC(=O)[C@H](C)N=C1NS(=O)(=O)c2ccccc21. The summed E-state index contributed by atoms with van der Waals surface area (Å²) in [5.41, 5.74) is 1.80. The van der Waals surface area contributed by atoms with E-state index in [4.69, 9.17) is 9.26 Å². The molecule has 0 bridgehead atoms. The van der Waals surface area contributed by atoms with Gasteiger partial charge in [0.2, 0.25) is 0 Å². The van der Waals surface area contributed by atoms with Gasteiger partial charge in [-0.1, -0.05) is 17.3 Å². The second kappa shape index (κ2) is 6.32. The van der Waals surface area contributed by atoms with Crippen LogP contribution < -0.4 is 4.72 Å². The molecule has 1 aliphatic heterocycles. The number of rotatable bonds is 4. The number of nitrogens with one attached hydrogen (secondary N) is 1.